The van der Waals surface area contributed by atoms with Crippen molar-refractivity contribution in [2.24, 2.45) is 0 Å². The van der Waals surface area contributed by atoms with Gasteiger partial charge in [-0.3, -0.25) is 9.36 Å². The van der Waals surface area contributed by atoms with Crippen molar-refractivity contribution >= 4 is 39.0 Å². The second kappa shape index (κ2) is 8.62. The lowest BCUT2D eigenvalue weighted by Crippen LogP contribution is -2.34. The molecule has 0 saturated carbocycles. The number of aromatic nitrogens is 1. The summed E-state index contributed by atoms with van der Waals surface area (Å²) in [7, 11) is -4.04. The summed E-state index contributed by atoms with van der Waals surface area (Å²) in [6, 6.07) is 24.4. The van der Waals surface area contributed by atoms with Crippen LogP contribution in [0.3, 0.4) is 0 Å². The number of hydrogen-bond donors (Lipinski definition) is 0. The van der Waals surface area contributed by atoms with Crippen LogP contribution in [-0.4, -0.2) is 13.0 Å². The molecule has 0 fully saturated rings. The molecule has 0 unspecified atom stereocenters. The maximum Gasteiger partial charge on any atom is 0.266 e. The molecule has 172 valence electrons. The SMILES string of the molecule is Cc1ccccc1S(=O)(=O)N1c2cccc(=O)n2[C@@H](c2ccc(Cl)cc2)[C@H]1c1ccc(Cl)cc1. The van der Waals surface area contributed by atoms with Gasteiger partial charge in [-0.05, 0) is 60.0 Å². The first-order valence-electron chi connectivity index (χ1n) is 10.6. The molecule has 5 nitrogen and oxygen atoms in total. The summed E-state index contributed by atoms with van der Waals surface area (Å²) in [5, 5.41) is 1.09. The van der Waals surface area contributed by atoms with E-state index in [1.165, 1.54) is 10.4 Å². The molecule has 34 heavy (non-hydrogen) atoms. The molecule has 1 aliphatic heterocycles. The maximum atomic E-state index is 14.2. The van der Waals surface area contributed by atoms with Crippen LogP contribution in [0, 0.1) is 6.92 Å². The number of aryl methyl sites for hydroxylation is 1. The number of pyridine rings is 1. The van der Waals surface area contributed by atoms with E-state index < -0.39 is 22.1 Å². The normalized spacial score (nSPS) is 17.6. The van der Waals surface area contributed by atoms with Crippen molar-refractivity contribution in [3.05, 3.63) is 128 Å². The summed E-state index contributed by atoms with van der Waals surface area (Å²) in [6.45, 7) is 1.76. The molecule has 8 heteroatoms. The lowest BCUT2D eigenvalue weighted by atomic mass is 9.94. The molecule has 0 saturated heterocycles. The first-order chi connectivity index (χ1) is 16.3. The van der Waals surface area contributed by atoms with Gasteiger partial charge in [0, 0.05) is 16.1 Å². The fourth-order valence-electron chi connectivity index (χ4n) is 4.55. The number of sulfonamides is 1. The highest BCUT2D eigenvalue weighted by atomic mass is 35.5. The Balaban J connectivity index is 1.83. The highest BCUT2D eigenvalue weighted by Gasteiger charge is 2.47. The Bertz CT molecular complexity index is 1530. The van der Waals surface area contributed by atoms with Crippen LogP contribution in [0.4, 0.5) is 5.82 Å². The molecular weight excluding hydrogens is 491 g/mol. The van der Waals surface area contributed by atoms with Crippen molar-refractivity contribution in [1.82, 2.24) is 4.57 Å². The molecule has 1 aliphatic rings. The van der Waals surface area contributed by atoms with Crippen LogP contribution in [-0.2, 0) is 10.0 Å². The number of halogens is 2. The fraction of sp³-hybridized carbons (Fsp3) is 0.115. The summed E-state index contributed by atoms with van der Waals surface area (Å²) in [5.74, 6) is 0.302. The third-order valence-corrected chi connectivity index (χ3v) is 8.53. The molecule has 2 heterocycles. The number of fused-ring (bicyclic) bond motifs is 1. The van der Waals surface area contributed by atoms with Crippen molar-refractivity contribution in [3.63, 3.8) is 0 Å². The van der Waals surface area contributed by atoms with E-state index in [0.717, 1.165) is 5.56 Å². The molecule has 1 aromatic heterocycles. The van der Waals surface area contributed by atoms with Crippen molar-refractivity contribution in [2.45, 2.75) is 23.9 Å². The number of hydrogen-bond acceptors (Lipinski definition) is 3. The summed E-state index contributed by atoms with van der Waals surface area (Å²) in [4.78, 5) is 13.4. The van der Waals surface area contributed by atoms with E-state index in [0.29, 0.717) is 27.0 Å². The van der Waals surface area contributed by atoms with Crippen molar-refractivity contribution in [3.8, 4) is 0 Å². The minimum absolute atomic E-state index is 0.188. The molecule has 4 aromatic rings. The minimum atomic E-state index is -4.04. The van der Waals surface area contributed by atoms with Crippen LogP contribution >= 0.6 is 23.2 Å². The lowest BCUT2D eigenvalue weighted by molar-refractivity contribution is 0.529. The zero-order valence-corrected chi connectivity index (χ0v) is 20.4. The van der Waals surface area contributed by atoms with Gasteiger partial charge in [-0.2, -0.15) is 0 Å². The van der Waals surface area contributed by atoms with Crippen molar-refractivity contribution < 1.29 is 8.42 Å². The van der Waals surface area contributed by atoms with Gasteiger partial charge in [0.05, 0.1) is 17.0 Å². The molecule has 2 atom stereocenters. The van der Waals surface area contributed by atoms with Crippen molar-refractivity contribution in [2.75, 3.05) is 4.31 Å². The molecule has 0 radical (unpaired) electrons. The first kappa shape index (κ1) is 22.7. The molecule has 3 aromatic carbocycles. The van der Waals surface area contributed by atoms with E-state index >= 15 is 0 Å². The number of rotatable bonds is 4. The van der Waals surface area contributed by atoms with Crippen LogP contribution < -0.4 is 9.86 Å². The summed E-state index contributed by atoms with van der Waals surface area (Å²) in [6.07, 6.45) is 0. The average Bonchev–Trinajstić information content (AvgIpc) is 3.17. The van der Waals surface area contributed by atoms with Crippen LogP contribution in [0.1, 0.15) is 28.8 Å². The molecule has 0 bridgehead atoms. The monoisotopic (exact) mass is 510 g/mol. The van der Waals surface area contributed by atoms with Gasteiger partial charge in [0.1, 0.15) is 5.82 Å². The third-order valence-electron chi connectivity index (χ3n) is 6.08. The Labute approximate surface area is 207 Å². The summed E-state index contributed by atoms with van der Waals surface area (Å²) in [5.41, 5.74) is 1.81. The molecule has 5 rings (SSSR count). The maximum absolute atomic E-state index is 14.2. The van der Waals surface area contributed by atoms with Crippen LogP contribution in [0.2, 0.25) is 10.0 Å². The summed E-state index contributed by atoms with van der Waals surface area (Å²) < 4.78 is 31.2. The topological polar surface area (TPSA) is 59.4 Å². The highest BCUT2D eigenvalue weighted by molar-refractivity contribution is 7.93. The van der Waals surface area contributed by atoms with Gasteiger partial charge < -0.3 is 0 Å². The van der Waals surface area contributed by atoms with Crippen LogP contribution in [0.15, 0.2) is 101 Å². The predicted molar refractivity (Wildman–Crippen MR) is 135 cm³/mol. The third kappa shape index (κ3) is 3.72. The van der Waals surface area contributed by atoms with E-state index in [4.69, 9.17) is 23.2 Å². The van der Waals surface area contributed by atoms with Gasteiger partial charge in [-0.15, -0.1) is 0 Å². The molecular formula is C26H20Cl2N2O3S. The number of anilines is 1. The smallest absolute Gasteiger partial charge is 0.266 e. The van der Waals surface area contributed by atoms with Gasteiger partial charge in [0.2, 0.25) is 0 Å². The lowest BCUT2D eigenvalue weighted by Gasteiger charge is -2.29. The Morgan fingerprint density at radius 1 is 0.706 bits per heavy atom. The zero-order valence-electron chi connectivity index (χ0n) is 18.1. The predicted octanol–water partition coefficient (Wildman–Crippen LogP) is 6.00. The Kier molecular flexibility index (Phi) is 5.76. The highest BCUT2D eigenvalue weighted by Crippen LogP contribution is 2.49. The Morgan fingerprint density at radius 3 is 1.85 bits per heavy atom. The van der Waals surface area contributed by atoms with Crippen molar-refractivity contribution in [1.29, 1.82) is 0 Å². The van der Waals surface area contributed by atoms with Gasteiger partial charge >= 0.3 is 0 Å². The van der Waals surface area contributed by atoms with Crippen LogP contribution in [0.25, 0.3) is 0 Å². The van der Waals surface area contributed by atoms with E-state index in [1.54, 1.807) is 84.3 Å². The van der Waals surface area contributed by atoms with Gasteiger partial charge in [0.15, 0.2) is 0 Å². The quantitative estimate of drug-likeness (QED) is 0.338. The molecule has 0 aliphatic carbocycles. The fourth-order valence-corrected chi connectivity index (χ4v) is 6.68. The molecule has 0 N–H and O–H groups in total. The van der Waals surface area contributed by atoms with E-state index in [-0.39, 0.29) is 10.5 Å². The van der Waals surface area contributed by atoms with Gasteiger partial charge in [-0.1, -0.05) is 71.7 Å². The van der Waals surface area contributed by atoms with Crippen LogP contribution in [0.5, 0.6) is 0 Å². The molecule has 0 amide bonds. The summed E-state index contributed by atoms with van der Waals surface area (Å²) >= 11 is 12.3. The van der Waals surface area contributed by atoms with Gasteiger partial charge in [0.25, 0.3) is 15.6 Å². The molecule has 0 spiro atoms. The van der Waals surface area contributed by atoms with Gasteiger partial charge in [-0.25, -0.2) is 12.7 Å². The first-order valence-corrected chi connectivity index (χ1v) is 12.8. The largest absolute Gasteiger partial charge is 0.284 e. The van der Waals surface area contributed by atoms with E-state index in [2.05, 4.69) is 0 Å². The second-order valence-electron chi connectivity index (χ2n) is 8.15. The Hall–Kier alpha value is -3.06. The zero-order chi connectivity index (χ0) is 24.0. The van der Waals surface area contributed by atoms with E-state index in [9.17, 15) is 13.2 Å². The van der Waals surface area contributed by atoms with E-state index in [1.807, 2.05) is 12.1 Å². The Morgan fingerprint density at radius 2 is 1.26 bits per heavy atom. The average molecular weight is 511 g/mol. The number of nitrogens with zero attached hydrogens (tertiary/aromatic N) is 2. The number of benzene rings is 3. The second-order valence-corrected chi connectivity index (χ2v) is 10.8. The minimum Gasteiger partial charge on any atom is -0.284 e. The standard InChI is InChI=1S/C26H20Cl2N2O3S/c1-17-5-2-3-6-22(17)34(32,33)30-23-7-4-8-24(31)29(23)25(18-9-13-20(27)14-10-18)26(30)19-11-15-21(28)16-12-19/h2-16,25-26H,1H3/t25-,26+/m0/s1.